The minimum Gasteiger partial charge on any atom is -0.508 e. The zero-order chi connectivity index (χ0) is 26.9. The summed E-state index contributed by atoms with van der Waals surface area (Å²) in [4.78, 5) is 3.25. The van der Waals surface area contributed by atoms with Crippen LogP contribution in [0.2, 0.25) is 0 Å². The van der Waals surface area contributed by atoms with Crippen LogP contribution < -0.4 is 9.47 Å². The Labute approximate surface area is 233 Å². The minimum atomic E-state index is 0.112. The summed E-state index contributed by atoms with van der Waals surface area (Å²) in [7, 11) is 0. The molecule has 6 rings (SSSR count). The summed E-state index contributed by atoms with van der Waals surface area (Å²) in [5, 5.41) is 42.7. The number of nitrogens with zero attached hydrogens (tertiary/aromatic N) is 2. The number of phenolic OH excluding ortho intramolecular Hbond substituents is 4. The van der Waals surface area contributed by atoms with E-state index in [2.05, 4.69) is 33.7 Å². The highest BCUT2D eigenvalue weighted by atomic mass is 32.2. The van der Waals surface area contributed by atoms with Crippen molar-refractivity contribution in [2.45, 2.75) is 18.0 Å². The second-order valence-electron chi connectivity index (χ2n) is 9.14. The average molecular weight is 554 g/mol. The van der Waals surface area contributed by atoms with E-state index in [-0.39, 0.29) is 23.0 Å². The van der Waals surface area contributed by atoms with Gasteiger partial charge in [-0.25, -0.2) is 0 Å². The summed E-state index contributed by atoms with van der Waals surface area (Å²) < 4.78 is 3.25. The fourth-order valence-electron chi connectivity index (χ4n) is 4.63. The maximum atomic E-state index is 10.4. The third-order valence-electron chi connectivity index (χ3n) is 6.53. The lowest BCUT2D eigenvalue weighted by Crippen LogP contribution is -2.35. The molecule has 0 saturated heterocycles. The zero-order valence-corrected chi connectivity index (χ0v) is 22.4. The van der Waals surface area contributed by atoms with Gasteiger partial charge in [0.2, 0.25) is 5.52 Å². The molecule has 0 radical (unpaired) electrons. The number of aromatic hydroxyl groups is 4. The lowest BCUT2D eigenvalue weighted by Gasteiger charge is -2.21. The zero-order valence-electron chi connectivity index (χ0n) is 20.7. The van der Waals surface area contributed by atoms with Crippen LogP contribution in [0.3, 0.4) is 0 Å². The molecule has 0 unspecified atom stereocenters. The normalized spacial score (nSPS) is 14.1. The predicted molar refractivity (Wildman–Crippen MR) is 156 cm³/mol. The van der Waals surface area contributed by atoms with Gasteiger partial charge in [0.15, 0.2) is 6.54 Å². The van der Waals surface area contributed by atoms with Gasteiger partial charge in [-0.2, -0.15) is 4.57 Å². The largest absolute Gasteiger partial charge is 0.508 e. The van der Waals surface area contributed by atoms with Crippen molar-refractivity contribution in [3.05, 3.63) is 118 Å². The number of rotatable bonds is 6. The van der Waals surface area contributed by atoms with Gasteiger partial charge in [-0.1, -0.05) is 53.4 Å². The topological polar surface area (TPSA) is 88.0 Å². The van der Waals surface area contributed by atoms with E-state index < -0.39 is 0 Å². The van der Waals surface area contributed by atoms with Crippen molar-refractivity contribution in [3.8, 4) is 23.0 Å². The molecule has 6 nitrogen and oxygen atoms in total. The number of fused-ring (bicyclic) bond motifs is 2. The molecular formula is C31H25N2O4S2+. The molecule has 8 heteroatoms. The molecule has 0 fully saturated rings. The Morgan fingerprint density at radius 2 is 1.46 bits per heavy atom. The number of thioether (sulfide) groups is 1. The number of para-hydroxylation sites is 2. The van der Waals surface area contributed by atoms with Gasteiger partial charge in [0.25, 0.3) is 5.01 Å². The molecule has 194 valence electrons. The summed E-state index contributed by atoms with van der Waals surface area (Å²) in [5.41, 5.74) is 3.35. The smallest absolute Gasteiger partial charge is 0.263 e. The first-order valence-corrected chi connectivity index (χ1v) is 14.0. The van der Waals surface area contributed by atoms with Crippen LogP contribution in [0.5, 0.6) is 23.0 Å². The Hall–Kier alpha value is -4.40. The molecule has 4 aromatic carbocycles. The van der Waals surface area contributed by atoms with Crippen LogP contribution in [0.15, 0.2) is 107 Å². The van der Waals surface area contributed by atoms with E-state index in [0.29, 0.717) is 24.2 Å². The highest BCUT2D eigenvalue weighted by molar-refractivity contribution is 8.03. The van der Waals surface area contributed by atoms with Gasteiger partial charge in [0.05, 0.1) is 22.8 Å². The number of phenols is 4. The molecule has 2 heterocycles. The number of allylic oxidation sites excluding steroid dienone is 2. The van der Waals surface area contributed by atoms with Crippen molar-refractivity contribution < 1.29 is 25.0 Å². The Kier molecular flexibility index (Phi) is 6.64. The Morgan fingerprint density at radius 3 is 2.28 bits per heavy atom. The van der Waals surface area contributed by atoms with Crippen LogP contribution in [-0.4, -0.2) is 20.4 Å². The van der Waals surface area contributed by atoms with E-state index >= 15 is 0 Å². The van der Waals surface area contributed by atoms with Gasteiger partial charge in [-0.05, 0) is 60.7 Å². The molecule has 0 amide bonds. The van der Waals surface area contributed by atoms with Crippen LogP contribution in [-0.2, 0) is 13.1 Å². The van der Waals surface area contributed by atoms with Crippen molar-refractivity contribution in [3.63, 3.8) is 0 Å². The molecule has 1 aliphatic heterocycles. The quantitative estimate of drug-likeness (QED) is 0.138. The first kappa shape index (κ1) is 24.9. The van der Waals surface area contributed by atoms with Crippen molar-refractivity contribution >= 4 is 45.1 Å². The van der Waals surface area contributed by atoms with Gasteiger partial charge >= 0.3 is 0 Å². The van der Waals surface area contributed by atoms with E-state index in [0.717, 1.165) is 30.8 Å². The SMILES string of the molecule is Oc1ccc(O)c(CN2C(=CC=Cc3sc4ccccc4[n+]3Cc3cc(O)ccc3O)Sc3ccccc32)c1. The Bertz CT molecular complexity index is 1760. The first-order chi connectivity index (χ1) is 19.0. The number of thiazole rings is 1. The van der Waals surface area contributed by atoms with Gasteiger partial charge in [-0.15, -0.1) is 0 Å². The third-order valence-corrected chi connectivity index (χ3v) is 8.80. The molecule has 0 spiro atoms. The fourth-order valence-corrected chi connectivity index (χ4v) is 6.78. The average Bonchev–Trinajstić information content (AvgIpc) is 3.46. The number of hydrogen-bond acceptors (Lipinski definition) is 7. The Balaban J connectivity index is 1.35. The van der Waals surface area contributed by atoms with Gasteiger partial charge in [0, 0.05) is 22.6 Å². The second kappa shape index (κ2) is 10.4. The third kappa shape index (κ3) is 5.04. The Morgan fingerprint density at radius 1 is 0.769 bits per heavy atom. The molecule has 0 aliphatic carbocycles. The van der Waals surface area contributed by atoms with Crippen LogP contribution in [0.25, 0.3) is 16.3 Å². The molecule has 0 saturated carbocycles. The second-order valence-corrected chi connectivity index (χ2v) is 11.3. The molecule has 39 heavy (non-hydrogen) atoms. The molecular weight excluding hydrogens is 528 g/mol. The van der Waals surface area contributed by atoms with Gasteiger partial charge < -0.3 is 25.3 Å². The van der Waals surface area contributed by atoms with E-state index in [4.69, 9.17) is 0 Å². The number of benzene rings is 4. The van der Waals surface area contributed by atoms with Gasteiger partial charge in [0.1, 0.15) is 27.7 Å². The first-order valence-electron chi connectivity index (χ1n) is 12.3. The van der Waals surface area contributed by atoms with Crippen LogP contribution in [0, 0.1) is 0 Å². The predicted octanol–water partition coefficient (Wildman–Crippen LogP) is 6.73. The number of hydrogen-bond donors (Lipinski definition) is 4. The van der Waals surface area contributed by atoms with Crippen LogP contribution in [0.1, 0.15) is 16.1 Å². The maximum Gasteiger partial charge on any atom is 0.263 e. The molecule has 1 aliphatic rings. The van der Waals surface area contributed by atoms with E-state index in [9.17, 15) is 20.4 Å². The van der Waals surface area contributed by atoms with Crippen molar-refractivity contribution in [1.29, 1.82) is 0 Å². The minimum absolute atomic E-state index is 0.112. The highest BCUT2D eigenvalue weighted by Crippen LogP contribution is 2.47. The molecule has 0 atom stereocenters. The molecule has 5 aromatic rings. The van der Waals surface area contributed by atoms with E-state index in [1.165, 1.54) is 24.3 Å². The van der Waals surface area contributed by atoms with Crippen molar-refractivity contribution in [1.82, 2.24) is 0 Å². The number of aromatic nitrogens is 1. The molecule has 1 aromatic heterocycles. The fraction of sp³-hybridized carbons (Fsp3) is 0.0645. The van der Waals surface area contributed by atoms with E-state index in [1.54, 1.807) is 35.2 Å². The van der Waals surface area contributed by atoms with Crippen molar-refractivity contribution in [2.24, 2.45) is 0 Å². The lowest BCUT2D eigenvalue weighted by molar-refractivity contribution is -0.659. The summed E-state index contributed by atoms with van der Waals surface area (Å²) in [6.45, 7) is 0.813. The monoisotopic (exact) mass is 553 g/mol. The lowest BCUT2D eigenvalue weighted by atomic mass is 10.1. The maximum absolute atomic E-state index is 10.4. The summed E-state index contributed by atoms with van der Waals surface area (Å²) in [6, 6.07) is 25.4. The van der Waals surface area contributed by atoms with Crippen molar-refractivity contribution in [2.75, 3.05) is 4.90 Å². The molecule has 4 N–H and O–H groups in total. The standard InChI is InChI=1S/C31H24N2O4S2/c34-22-12-14-26(36)20(16-22)18-32-24-6-1-3-8-28(24)38-30(32)10-5-11-31-33(25-7-2-4-9-29(25)39-31)19-21-17-23(35)13-15-27(21)37/h1-17H,18-19H2,(H3-,34,35,36,37)/p+1. The van der Waals surface area contributed by atoms with Gasteiger partial charge in [-0.3, -0.25) is 0 Å². The van der Waals surface area contributed by atoms with Crippen LogP contribution >= 0.6 is 23.1 Å². The van der Waals surface area contributed by atoms with Crippen LogP contribution in [0.4, 0.5) is 5.69 Å². The molecule has 0 bridgehead atoms. The highest BCUT2D eigenvalue weighted by Gasteiger charge is 2.26. The summed E-state index contributed by atoms with van der Waals surface area (Å²) in [6.07, 6.45) is 6.10. The summed E-state index contributed by atoms with van der Waals surface area (Å²) >= 11 is 3.30. The summed E-state index contributed by atoms with van der Waals surface area (Å²) in [5.74, 6) is 0.498. The number of anilines is 1. The van der Waals surface area contributed by atoms with E-state index in [1.807, 2.05) is 42.5 Å².